The van der Waals surface area contributed by atoms with Crippen molar-refractivity contribution in [2.75, 3.05) is 31.1 Å². The third-order valence-corrected chi connectivity index (χ3v) is 4.46. The lowest BCUT2D eigenvalue weighted by atomic mass is 10.2. The molecule has 0 spiro atoms. The van der Waals surface area contributed by atoms with Crippen LogP contribution in [0.25, 0.3) is 10.8 Å². The number of amides is 1. The quantitative estimate of drug-likeness (QED) is 0.719. The molecule has 3 aromatic rings. The van der Waals surface area contributed by atoms with Crippen LogP contribution in [0.1, 0.15) is 0 Å². The second kappa shape index (κ2) is 6.81. The van der Waals surface area contributed by atoms with Gasteiger partial charge in [-0.15, -0.1) is 0 Å². The molecule has 5 nitrogen and oxygen atoms in total. The molecule has 1 amide bonds. The van der Waals surface area contributed by atoms with Crippen LogP contribution in [0.4, 0.5) is 10.5 Å². The maximum atomic E-state index is 12.4. The zero-order valence-electron chi connectivity index (χ0n) is 13.8. The number of hydrogen-bond acceptors (Lipinski definition) is 4. The van der Waals surface area contributed by atoms with Gasteiger partial charge in [0.15, 0.2) is 0 Å². The van der Waals surface area contributed by atoms with Gasteiger partial charge in [0.05, 0.1) is 0 Å². The van der Waals surface area contributed by atoms with E-state index in [4.69, 9.17) is 4.74 Å². The molecule has 0 atom stereocenters. The highest BCUT2D eigenvalue weighted by atomic mass is 16.6. The first-order valence-electron chi connectivity index (χ1n) is 8.41. The summed E-state index contributed by atoms with van der Waals surface area (Å²) in [5.41, 5.74) is 1.19. The number of carbonyl (C=O) groups excluding carboxylic acids is 1. The number of rotatable bonds is 2. The van der Waals surface area contributed by atoms with Gasteiger partial charge in [-0.25, -0.2) is 9.78 Å². The Balaban J connectivity index is 1.38. The lowest BCUT2D eigenvalue weighted by molar-refractivity contribution is 0.147. The van der Waals surface area contributed by atoms with Gasteiger partial charge >= 0.3 is 6.09 Å². The van der Waals surface area contributed by atoms with Crippen LogP contribution in [-0.4, -0.2) is 42.2 Å². The van der Waals surface area contributed by atoms with Crippen molar-refractivity contribution in [3.63, 3.8) is 0 Å². The summed E-state index contributed by atoms with van der Waals surface area (Å²) in [7, 11) is 0. The van der Waals surface area contributed by atoms with Crippen molar-refractivity contribution in [3.8, 4) is 5.88 Å². The molecule has 0 N–H and O–H groups in total. The summed E-state index contributed by atoms with van der Waals surface area (Å²) in [6, 6.07) is 19.9. The number of anilines is 1. The van der Waals surface area contributed by atoms with Gasteiger partial charge in [-0.05, 0) is 17.5 Å². The molecule has 126 valence electrons. The van der Waals surface area contributed by atoms with E-state index in [1.807, 2.05) is 42.5 Å². The Morgan fingerprint density at radius 2 is 1.56 bits per heavy atom. The summed E-state index contributed by atoms with van der Waals surface area (Å²) >= 11 is 0. The number of benzene rings is 2. The number of hydrogen-bond donors (Lipinski definition) is 0. The van der Waals surface area contributed by atoms with Crippen molar-refractivity contribution in [1.29, 1.82) is 0 Å². The Morgan fingerprint density at radius 3 is 2.32 bits per heavy atom. The minimum Gasteiger partial charge on any atom is -0.391 e. The zero-order valence-corrected chi connectivity index (χ0v) is 13.8. The summed E-state index contributed by atoms with van der Waals surface area (Å²) in [5.74, 6) is 0.342. The number of fused-ring (bicyclic) bond motifs is 1. The van der Waals surface area contributed by atoms with Gasteiger partial charge in [0.2, 0.25) is 5.88 Å². The highest BCUT2D eigenvalue weighted by Gasteiger charge is 2.23. The molecule has 4 rings (SSSR count). The maximum absolute atomic E-state index is 12.4. The fourth-order valence-corrected chi connectivity index (χ4v) is 3.06. The minimum absolute atomic E-state index is 0.338. The van der Waals surface area contributed by atoms with Gasteiger partial charge in [0.25, 0.3) is 0 Å². The molecule has 1 saturated heterocycles. The molecule has 0 unspecified atom stereocenters. The van der Waals surface area contributed by atoms with Crippen molar-refractivity contribution < 1.29 is 9.53 Å². The number of pyridine rings is 1. The Labute approximate surface area is 146 Å². The van der Waals surface area contributed by atoms with E-state index >= 15 is 0 Å². The third-order valence-electron chi connectivity index (χ3n) is 4.46. The fraction of sp³-hybridized carbons (Fsp3) is 0.200. The maximum Gasteiger partial charge on any atom is 0.416 e. The van der Waals surface area contributed by atoms with E-state index in [2.05, 4.69) is 22.0 Å². The third kappa shape index (κ3) is 3.40. The molecule has 0 aliphatic carbocycles. The van der Waals surface area contributed by atoms with Crippen LogP contribution in [0.5, 0.6) is 5.88 Å². The topological polar surface area (TPSA) is 45.7 Å². The molecular weight excluding hydrogens is 314 g/mol. The van der Waals surface area contributed by atoms with E-state index in [-0.39, 0.29) is 6.09 Å². The van der Waals surface area contributed by atoms with Gasteiger partial charge in [0, 0.05) is 49.5 Å². The standard InChI is InChI=1S/C20H19N3O2/c24-20(25-19-14-16-6-4-5-7-17(16)15-21-19)23-12-10-22(11-13-23)18-8-2-1-3-9-18/h1-9,14-15H,10-13H2. The van der Waals surface area contributed by atoms with E-state index in [0.29, 0.717) is 19.0 Å². The smallest absolute Gasteiger partial charge is 0.391 e. The summed E-state index contributed by atoms with van der Waals surface area (Å²) < 4.78 is 5.46. The van der Waals surface area contributed by atoms with Gasteiger partial charge in [0.1, 0.15) is 0 Å². The monoisotopic (exact) mass is 333 g/mol. The normalized spacial score (nSPS) is 14.6. The van der Waals surface area contributed by atoms with Gasteiger partial charge < -0.3 is 14.5 Å². The number of aromatic nitrogens is 1. The Kier molecular flexibility index (Phi) is 4.21. The first-order valence-corrected chi connectivity index (χ1v) is 8.41. The van der Waals surface area contributed by atoms with Crippen LogP contribution >= 0.6 is 0 Å². The highest BCUT2D eigenvalue weighted by Crippen LogP contribution is 2.19. The Morgan fingerprint density at radius 1 is 0.880 bits per heavy atom. The van der Waals surface area contributed by atoms with Crippen LogP contribution in [0, 0.1) is 0 Å². The Bertz CT molecular complexity index is 874. The van der Waals surface area contributed by atoms with Crippen molar-refractivity contribution in [1.82, 2.24) is 9.88 Å². The number of nitrogens with zero attached hydrogens (tertiary/aromatic N) is 3. The van der Waals surface area contributed by atoms with E-state index in [0.717, 1.165) is 23.9 Å². The van der Waals surface area contributed by atoms with E-state index in [9.17, 15) is 4.79 Å². The predicted molar refractivity (Wildman–Crippen MR) is 98.0 cm³/mol. The number of piperazine rings is 1. The Hall–Kier alpha value is -3.08. The average Bonchev–Trinajstić information content (AvgIpc) is 2.69. The SMILES string of the molecule is O=C(Oc1cc2ccccc2cn1)N1CCN(c2ccccc2)CC1. The first-order chi connectivity index (χ1) is 12.3. The van der Waals surface area contributed by atoms with Gasteiger partial charge in [-0.3, -0.25) is 0 Å². The summed E-state index contributed by atoms with van der Waals surface area (Å²) in [5, 5.41) is 2.04. The van der Waals surface area contributed by atoms with Crippen molar-refractivity contribution >= 4 is 22.6 Å². The molecule has 2 heterocycles. The highest BCUT2D eigenvalue weighted by molar-refractivity contribution is 5.83. The summed E-state index contributed by atoms with van der Waals surface area (Å²) in [4.78, 5) is 20.6. The summed E-state index contributed by atoms with van der Waals surface area (Å²) in [6.45, 7) is 2.87. The minimum atomic E-state index is -0.338. The molecule has 1 fully saturated rings. The largest absolute Gasteiger partial charge is 0.416 e. The fourth-order valence-electron chi connectivity index (χ4n) is 3.06. The lowest BCUT2D eigenvalue weighted by Crippen LogP contribution is -2.49. The van der Waals surface area contributed by atoms with Crippen LogP contribution < -0.4 is 9.64 Å². The van der Waals surface area contributed by atoms with Crippen LogP contribution in [0.3, 0.4) is 0 Å². The molecule has 25 heavy (non-hydrogen) atoms. The van der Waals surface area contributed by atoms with E-state index in [1.165, 1.54) is 5.69 Å². The van der Waals surface area contributed by atoms with Crippen molar-refractivity contribution in [2.45, 2.75) is 0 Å². The molecule has 0 radical (unpaired) electrons. The molecule has 0 bridgehead atoms. The van der Waals surface area contributed by atoms with Crippen LogP contribution in [0.15, 0.2) is 66.9 Å². The van der Waals surface area contributed by atoms with Gasteiger partial charge in [-0.1, -0.05) is 42.5 Å². The molecule has 0 saturated carbocycles. The average molecular weight is 333 g/mol. The van der Waals surface area contributed by atoms with E-state index < -0.39 is 0 Å². The molecular formula is C20H19N3O2. The van der Waals surface area contributed by atoms with Gasteiger partial charge in [-0.2, -0.15) is 0 Å². The predicted octanol–water partition coefficient (Wildman–Crippen LogP) is 3.56. The molecule has 5 heteroatoms. The second-order valence-electron chi connectivity index (χ2n) is 6.05. The zero-order chi connectivity index (χ0) is 17.1. The van der Waals surface area contributed by atoms with Crippen LogP contribution in [-0.2, 0) is 0 Å². The number of para-hydroxylation sites is 1. The molecule has 1 aliphatic heterocycles. The van der Waals surface area contributed by atoms with Crippen LogP contribution in [0.2, 0.25) is 0 Å². The molecule has 1 aliphatic rings. The number of carbonyl (C=O) groups is 1. The first kappa shape index (κ1) is 15.4. The lowest BCUT2D eigenvalue weighted by Gasteiger charge is -2.35. The van der Waals surface area contributed by atoms with Crippen molar-refractivity contribution in [2.24, 2.45) is 0 Å². The molecule has 2 aromatic carbocycles. The van der Waals surface area contributed by atoms with Crippen molar-refractivity contribution in [3.05, 3.63) is 66.9 Å². The molecule has 1 aromatic heterocycles. The van der Waals surface area contributed by atoms with E-state index in [1.54, 1.807) is 17.2 Å². The summed E-state index contributed by atoms with van der Waals surface area (Å²) in [6.07, 6.45) is 1.39. The number of ether oxygens (including phenoxy) is 1. The second-order valence-corrected chi connectivity index (χ2v) is 6.05.